The maximum absolute atomic E-state index is 12.2. The van der Waals surface area contributed by atoms with Crippen LogP contribution in [0.15, 0.2) is 46.0 Å². The standard InChI is InChI=1S/C11H9F2NO3S2/c12-11(13)17-9-5-2-1-4-8(9)14-19(15,16)10-6-3-7-18-10/h1-7,11,14H. The van der Waals surface area contributed by atoms with Crippen molar-refractivity contribution >= 4 is 27.0 Å². The molecule has 0 amide bonds. The van der Waals surface area contributed by atoms with Crippen LogP contribution in [0.4, 0.5) is 14.5 Å². The highest BCUT2D eigenvalue weighted by Gasteiger charge is 2.18. The molecule has 0 radical (unpaired) electrons. The lowest BCUT2D eigenvalue weighted by molar-refractivity contribution is -0.0493. The molecule has 0 aliphatic rings. The SMILES string of the molecule is O=S(=O)(Nc1ccccc1OC(F)F)c1cccs1. The van der Waals surface area contributed by atoms with Crippen molar-refractivity contribution in [2.24, 2.45) is 0 Å². The van der Waals surface area contributed by atoms with Crippen LogP contribution < -0.4 is 9.46 Å². The number of ether oxygens (including phenoxy) is 1. The van der Waals surface area contributed by atoms with Crippen molar-refractivity contribution in [2.75, 3.05) is 4.72 Å². The summed E-state index contributed by atoms with van der Waals surface area (Å²) < 4.78 is 54.9. The fourth-order valence-corrected chi connectivity index (χ4v) is 3.42. The molecule has 1 N–H and O–H groups in total. The van der Waals surface area contributed by atoms with Crippen LogP contribution in [0.3, 0.4) is 0 Å². The van der Waals surface area contributed by atoms with Gasteiger partial charge in [0.1, 0.15) is 9.96 Å². The van der Waals surface area contributed by atoms with Gasteiger partial charge in [-0.1, -0.05) is 18.2 Å². The summed E-state index contributed by atoms with van der Waals surface area (Å²) >= 11 is 1.03. The number of halogens is 2. The number of alkyl halides is 2. The minimum Gasteiger partial charge on any atom is -0.433 e. The molecule has 0 aliphatic heterocycles. The maximum Gasteiger partial charge on any atom is 0.387 e. The fourth-order valence-electron chi connectivity index (χ4n) is 1.36. The number of hydrogen-bond donors (Lipinski definition) is 1. The van der Waals surface area contributed by atoms with Crippen molar-refractivity contribution in [3.63, 3.8) is 0 Å². The predicted molar refractivity (Wildman–Crippen MR) is 68.2 cm³/mol. The number of thiophene rings is 1. The smallest absolute Gasteiger partial charge is 0.387 e. The van der Waals surface area contributed by atoms with E-state index in [0.29, 0.717) is 0 Å². The zero-order valence-corrected chi connectivity index (χ0v) is 11.0. The van der Waals surface area contributed by atoms with Crippen LogP contribution in [-0.4, -0.2) is 15.0 Å². The minimum absolute atomic E-state index is 0.0313. The summed E-state index contributed by atoms with van der Waals surface area (Å²) in [6.07, 6.45) is 0. The van der Waals surface area contributed by atoms with Crippen LogP contribution in [0, 0.1) is 0 Å². The lowest BCUT2D eigenvalue weighted by Crippen LogP contribution is -2.13. The van der Waals surface area contributed by atoms with Crippen molar-refractivity contribution in [3.05, 3.63) is 41.8 Å². The Labute approximate surface area is 112 Å². The van der Waals surface area contributed by atoms with Crippen molar-refractivity contribution in [3.8, 4) is 5.75 Å². The van der Waals surface area contributed by atoms with Crippen molar-refractivity contribution < 1.29 is 21.9 Å². The molecule has 0 atom stereocenters. The first kappa shape index (κ1) is 13.8. The van der Waals surface area contributed by atoms with Crippen LogP contribution in [0.1, 0.15) is 0 Å². The number of rotatable bonds is 5. The third-order valence-corrected chi connectivity index (χ3v) is 4.87. The Morgan fingerprint density at radius 1 is 1.16 bits per heavy atom. The van der Waals surface area contributed by atoms with Crippen molar-refractivity contribution in [1.29, 1.82) is 0 Å². The topological polar surface area (TPSA) is 55.4 Å². The predicted octanol–water partition coefficient (Wildman–Crippen LogP) is 3.15. The van der Waals surface area contributed by atoms with Gasteiger partial charge in [-0.3, -0.25) is 4.72 Å². The van der Waals surface area contributed by atoms with E-state index in [1.54, 1.807) is 11.4 Å². The Bertz CT molecular complexity index is 642. The Hall–Kier alpha value is -1.67. The van der Waals surface area contributed by atoms with E-state index >= 15 is 0 Å². The summed E-state index contributed by atoms with van der Waals surface area (Å²) in [5.74, 6) is -0.224. The number of hydrogen-bond acceptors (Lipinski definition) is 4. The summed E-state index contributed by atoms with van der Waals surface area (Å²) in [7, 11) is -3.78. The molecule has 0 fully saturated rings. The number of para-hydroxylation sites is 2. The van der Waals surface area contributed by atoms with Gasteiger partial charge < -0.3 is 4.74 Å². The molecule has 4 nitrogen and oxygen atoms in total. The fraction of sp³-hybridized carbons (Fsp3) is 0.0909. The Balaban J connectivity index is 2.29. The normalized spacial score (nSPS) is 11.5. The van der Waals surface area contributed by atoms with Crippen molar-refractivity contribution in [2.45, 2.75) is 10.8 Å². The molecule has 0 aliphatic carbocycles. The first-order chi connectivity index (χ1) is 8.99. The van der Waals surface area contributed by atoms with Gasteiger partial charge in [-0.2, -0.15) is 8.78 Å². The Kier molecular flexibility index (Phi) is 4.01. The zero-order chi connectivity index (χ0) is 13.9. The largest absolute Gasteiger partial charge is 0.433 e. The summed E-state index contributed by atoms with van der Waals surface area (Å²) in [5.41, 5.74) is -0.0313. The second-order valence-corrected chi connectivity index (χ2v) is 6.27. The average Bonchev–Trinajstić information content (AvgIpc) is 2.85. The first-order valence-corrected chi connectivity index (χ1v) is 7.45. The third-order valence-electron chi connectivity index (χ3n) is 2.11. The van der Waals surface area contributed by atoms with Crippen LogP contribution in [-0.2, 0) is 10.0 Å². The van der Waals surface area contributed by atoms with Gasteiger partial charge in [0.05, 0.1) is 5.69 Å². The lowest BCUT2D eigenvalue weighted by atomic mass is 10.3. The minimum atomic E-state index is -3.78. The summed E-state index contributed by atoms with van der Waals surface area (Å²) in [4.78, 5) is 0. The van der Waals surface area contributed by atoms with E-state index in [1.807, 2.05) is 0 Å². The van der Waals surface area contributed by atoms with Crippen LogP contribution in [0.5, 0.6) is 5.75 Å². The van der Waals surface area contributed by atoms with E-state index in [0.717, 1.165) is 11.3 Å². The van der Waals surface area contributed by atoms with Gasteiger partial charge in [-0.05, 0) is 23.6 Å². The molecule has 19 heavy (non-hydrogen) atoms. The van der Waals surface area contributed by atoms with Gasteiger partial charge in [0.15, 0.2) is 0 Å². The van der Waals surface area contributed by atoms with E-state index in [4.69, 9.17) is 0 Å². The highest BCUT2D eigenvalue weighted by atomic mass is 32.2. The Morgan fingerprint density at radius 2 is 1.89 bits per heavy atom. The van der Waals surface area contributed by atoms with E-state index in [2.05, 4.69) is 9.46 Å². The highest BCUT2D eigenvalue weighted by molar-refractivity contribution is 7.94. The summed E-state index contributed by atoms with van der Waals surface area (Å²) in [6, 6.07) is 8.61. The third kappa shape index (κ3) is 3.42. The lowest BCUT2D eigenvalue weighted by Gasteiger charge is -2.12. The van der Waals surface area contributed by atoms with E-state index < -0.39 is 16.6 Å². The molecule has 0 bridgehead atoms. The van der Waals surface area contributed by atoms with E-state index in [9.17, 15) is 17.2 Å². The number of benzene rings is 1. The van der Waals surface area contributed by atoms with Gasteiger partial charge in [0.25, 0.3) is 10.0 Å². The van der Waals surface area contributed by atoms with Gasteiger partial charge >= 0.3 is 6.61 Å². The maximum atomic E-state index is 12.2. The second-order valence-electron chi connectivity index (χ2n) is 3.41. The molecule has 2 aromatic rings. The monoisotopic (exact) mass is 305 g/mol. The molecular weight excluding hydrogens is 296 g/mol. The van der Waals surface area contributed by atoms with Gasteiger partial charge in [0, 0.05) is 0 Å². The second kappa shape index (κ2) is 5.54. The van der Waals surface area contributed by atoms with E-state index in [-0.39, 0.29) is 15.6 Å². The van der Waals surface area contributed by atoms with Crippen molar-refractivity contribution in [1.82, 2.24) is 0 Å². The summed E-state index contributed by atoms with van der Waals surface area (Å²) in [5, 5.41) is 1.61. The highest BCUT2D eigenvalue weighted by Crippen LogP contribution is 2.28. The zero-order valence-electron chi connectivity index (χ0n) is 9.42. The molecule has 1 heterocycles. The van der Waals surface area contributed by atoms with Crippen LogP contribution >= 0.6 is 11.3 Å². The Morgan fingerprint density at radius 3 is 2.53 bits per heavy atom. The van der Waals surface area contributed by atoms with Gasteiger partial charge in [0.2, 0.25) is 0 Å². The number of nitrogens with one attached hydrogen (secondary N) is 1. The molecule has 1 aromatic carbocycles. The molecule has 8 heteroatoms. The quantitative estimate of drug-likeness (QED) is 0.923. The molecule has 0 spiro atoms. The van der Waals surface area contributed by atoms with Crippen LogP contribution in [0.2, 0.25) is 0 Å². The molecule has 2 rings (SSSR count). The van der Waals surface area contributed by atoms with Crippen LogP contribution in [0.25, 0.3) is 0 Å². The van der Waals surface area contributed by atoms with E-state index in [1.165, 1.54) is 30.3 Å². The van der Waals surface area contributed by atoms with Gasteiger partial charge in [-0.15, -0.1) is 11.3 Å². The first-order valence-electron chi connectivity index (χ1n) is 5.09. The van der Waals surface area contributed by atoms with Gasteiger partial charge in [-0.25, -0.2) is 8.42 Å². The molecule has 102 valence electrons. The molecule has 1 aromatic heterocycles. The summed E-state index contributed by atoms with van der Waals surface area (Å²) in [6.45, 7) is -3.02. The molecule has 0 saturated carbocycles. The molecule has 0 unspecified atom stereocenters. The number of sulfonamides is 1. The molecular formula is C11H9F2NO3S2. The average molecular weight is 305 g/mol. The molecule has 0 saturated heterocycles. The number of anilines is 1.